The van der Waals surface area contributed by atoms with Gasteiger partial charge in [-0.3, -0.25) is 0 Å². The SMILES string of the molecule is [CH2]CCCc1cnc(C)s1. The van der Waals surface area contributed by atoms with Crippen LogP contribution in [0.1, 0.15) is 22.7 Å². The largest absolute Gasteiger partial charge is 0.250 e. The van der Waals surface area contributed by atoms with Crippen molar-refractivity contribution < 1.29 is 0 Å². The smallest absolute Gasteiger partial charge is 0.0896 e. The van der Waals surface area contributed by atoms with Gasteiger partial charge in [-0.05, 0) is 19.8 Å². The molecular formula is C8H12NS. The van der Waals surface area contributed by atoms with E-state index in [1.165, 1.54) is 16.3 Å². The standard InChI is InChI=1S/C8H12NS/c1-3-4-5-8-6-9-7(2)10-8/h6H,1,3-5H2,2H3. The molecule has 0 saturated carbocycles. The van der Waals surface area contributed by atoms with E-state index < -0.39 is 0 Å². The van der Waals surface area contributed by atoms with Crippen LogP contribution in [0.15, 0.2) is 6.20 Å². The summed E-state index contributed by atoms with van der Waals surface area (Å²) in [5.74, 6) is 0. The maximum absolute atomic E-state index is 4.17. The predicted octanol–water partition coefficient (Wildman–Crippen LogP) is 2.61. The van der Waals surface area contributed by atoms with E-state index in [0.717, 1.165) is 12.8 Å². The van der Waals surface area contributed by atoms with E-state index in [-0.39, 0.29) is 0 Å². The topological polar surface area (TPSA) is 12.9 Å². The lowest BCUT2D eigenvalue weighted by atomic mass is 10.2. The summed E-state index contributed by atoms with van der Waals surface area (Å²) in [6.45, 7) is 5.83. The molecule has 10 heavy (non-hydrogen) atoms. The monoisotopic (exact) mass is 154 g/mol. The molecule has 0 aliphatic carbocycles. The molecule has 1 nitrogen and oxygen atoms in total. The number of hydrogen-bond donors (Lipinski definition) is 0. The molecule has 0 aromatic carbocycles. The van der Waals surface area contributed by atoms with Crippen LogP contribution in [-0.4, -0.2) is 4.98 Å². The first kappa shape index (κ1) is 7.73. The normalized spacial score (nSPS) is 10.2. The molecule has 0 aliphatic heterocycles. The van der Waals surface area contributed by atoms with Gasteiger partial charge in [0.15, 0.2) is 0 Å². The molecule has 1 aromatic rings. The Hall–Kier alpha value is -0.370. The molecule has 0 unspecified atom stereocenters. The van der Waals surface area contributed by atoms with Crippen LogP contribution in [0.2, 0.25) is 0 Å². The van der Waals surface area contributed by atoms with Gasteiger partial charge in [0.1, 0.15) is 0 Å². The van der Waals surface area contributed by atoms with Crippen molar-refractivity contribution in [2.24, 2.45) is 0 Å². The zero-order valence-electron chi connectivity index (χ0n) is 6.26. The van der Waals surface area contributed by atoms with Crippen molar-refractivity contribution in [1.29, 1.82) is 0 Å². The van der Waals surface area contributed by atoms with Crippen molar-refractivity contribution in [3.63, 3.8) is 0 Å². The molecule has 0 N–H and O–H groups in total. The lowest BCUT2D eigenvalue weighted by molar-refractivity contribution is 0.851. The summed E-state index contributed by atoms with van der Waals surface area (Å²) in [5, 5.41) is 1.17. The van der Waals surface area contributed by atoms with E-state index in [1.54, 1.807) is 11.3 Å². The minimum atomic E-state index is 1.02. The summed E-state index contributed by atoms with van der Waals surface area (Å²) in [5.41, 5.74) is 0. The fourth-order valence-electron chi connectivity index (χ4n) is 0.820. The van der Waals surface area contributed by atoms with E-state index in [1.807, 2.05) is 13.1 Å². The zero-order chi connectivity index (χ0) is 7.40. The molecule has 1 radical (unpaired) electrons. The minimum Gasteiger partial charge on any atom is -0.250 e. The van der Waals surface area contributed by atoms with E-state index in [9.17, 15) is 0 Å². The molecule has 2 heteroatoms. The van der Waals surface area contributed by atoms with Crippen LogP contribution >= 0.6 is 11.3 Å². The third kappa shape index (κ3) is 2.10. The highest BCUT2D eigenvalue weighted by Crippen LogP contribution is 2.13. The Labute approximate surface area is 66.1 Å². The Morgan fingerprint density at radius 2 is 2.50 bits per heavy atom. The Kier molecular flexibility index (Phi) is 2.87. The van der Waals surface area contributed by atoms with Crippen LogP contribution in [-0.2, 0) is 6.42 Å². The van der Waals surface area contributed by atoms with E-state index in [0.29, 0.717) is 0 Å². The van der Waals surface area contributed by atoms with Crippen LogP contribution in [0.3, 0.4) is 0 Å². The van der Waals surface area contributed by atoms with E-state index >= 15 is 0 Å². The first-order valence-corrected chi connectivity index (χ1v) is 4.35. The van der Waals surface area contributed by atoms with Crippen LogP contribution in [0.25, 0.3) is 0 Å². The van der Waals surface area contributed by atoms with Crippen molar-refractivity contribution in [3.8, 4) is 0 Å². The highest BCUT2D eigenvalue weighted by atomic mass is 32.1. The zero-order valence-corrected chi connectivity index (χ0v) is 7.08. The Morgan fingerprint density at radius 3 is 3.00 bits per heavy atom. The van der Waals surface area contributed by atoms with Crippen molar-refractivity contribution in [3.05, 3.63) is 23.0 Å². The van der Waals surface area contributed by atoms with Crippen molar-refractivity contribution in [1.82, 2.24) is 4.98 Å². The summed E-state index contributed by atoms with van der Waals surface area (Å²) in [6, 6.07) is 0. The van der Waals surface area contributed by atoms with Gasteiger partial charge in [-0.2, -0.15) is 0 Å². The molecule has 55 valence electrons. The Bertz CT molecular complexity index is 193. The maximum Gasteiger partial charge on any atom is 0.0896 e. The highest BCUT2D eigenvalue weighted by Gasteiger charge is 1.95. The summed E-state index contributed by atoms with van der Waals surface area (Å²) < 4.78 is 0. The second-order valence-electron chi connectivity index (χ2n) is 2.30. The molecule has 0 bridgehead atoms. The molecule has 0 aliphatic rings. The third-order valence-electron chi connectivity index (χ3n) is 1.34. The molecule has 0 fully saturated rings. The van der Waals surface area contributed by atoms with Gasteiger partial charge >= 0.3 is 0 Å². The molecule has 1 aromatic heterocycles. The highest BCUT2D eigenvalue weighted by molar-refractivity contribution is 7.11. The number of aromatic nitrogens is 1. The van der Waals surface area contributed by atoms with Crippen LogP contribution in [0.4, 0.5) is 0 Å². The summed E-state index contributed by atoms with van der Waals surface area (Å²) in [7, 11) is 0. The molecule has 1 heterocycles. The summed E-state index contributed by atoms with van der Waals surface area (Å²) >= 11 is 1.79. The van der Waals surface area contributed by atoms with Crippen LogP contribution in [0.5, 0.6) is 0 Å². The average Bonchev–Trinajstić information content (AvgIpc) is 2.31. The van der Waals surface area contributed by atoms with Gasteiger partial charge in [-0.15, -0.1) is 11.3 Å². The molecule has 0 saturated heterocycles. The lowest BCUT2D eigenvalue weighted by Crippen LogP contribution is -1.76. The number of rotatable bonds is 3. The lowest BCUT2D eigenvalue weighted by Gasteiger charge is -1.89. The van der Waals surface area contributed by atoms with Gasteiger partial charge < -0.3 is 0 Å². The first-order chi connectivity index (χ1) is 4.83. The Balaban J connectivity index is 2.42. The number of aryl methyl sites for hydroxylation is 2. The molecule has 0 amide bonds. The first-order valence-electron chi connectivity index (χ1n) is 3.53. The second-order valence-corrected chi connectivity index (χ2v) is 3.62. The fourth-order valence-corrected chi connectivity index (χ4v) is 1.66. The number of unbranched alkanes of at least 4 members (excludes halogenated alkanes) is 1. The van der Waals surface area contributed by atoms with Gasteiger partial charge in [0.05, 0.1) is 5.01 Å². The number of hydrogen-bond acceptors (Lipinski definition) is 2. The predicted molar refractivity (Wildman–Crippen MR) is 45.1 cm³/mol. The molecular weight excluding hydrogens is 142 g/mol. The van der Waals surface area contributed by atoms with Crippen LogP contribution in [0, 0.1) is 13.8 Å². The fraction of sp³-hybridized carbons (Fsp3) is 0.500. The Morgan fingerprint density at radius 1 is 1.70 bits per heavy atom. The molecule has 0 spiro atoms. The summed E-state index contributed by atoms with van der Waals surface area (Å²) in [4.78, 5) is 5.56. The summed E-state index contributed by atoms with van der Waals surface area (Å²) in [6.07, 6.45) is 5.32. The second kappa shape index (κ2) is 3.71. The minimum absolute atomic E-state index is 1.02. The van der Waals surface area contributed by atoms with Gasteiger partial charge in [0.25, 0.3) is 0 Å². The number of nitrogens with zero attached hydrogens (tertiary/aromatic N) is 1. The molecule has 1 rings (SSSR count). The van der Waals surface area contributed by atoms with Gasteiger partial charge in [0.2, 0.25) is 0 Å². The van der Waals surface area contributed by atoms with Crippen LogP contribution < -0.4 is 0 Å². The molecule has 0 atom stereocenters. The van der Waals surface area contributed by atoms with E-state index in [2.05, 4.69) is 11.9 Å². The average molecular weight is 154 g/mol. The maximum atomic E-state index is 4.17. The van der Waals surface area contributed by atoms with Crippen molar-refractivity contribution >= 4 is 11.3 Å². The van der Waals surface area contributed by atoms with Gasteiger partial charge in [-0.1, -0.05) is 13.3 Å². The van der Waals surface area contributed by atoms with Gasteiger partial charge in [-0.25, -0.2) is 4.98 Å². The van der Waals surface area contributed by atoms with E-state index in [4.69, 9.17) is 0 Å². The quantitative estimate of drug-likeness (QED) is 0.652. The number of thiazole rings is 1. The third-order valence-corrected chi connectivity index (χ3v) is 2.31. The van der Waals surface area contributed by atoms with Crippen molar-refractivity contribution in [2.45, 2.75) is 26.2 Å². The van der Waals surface area contributed by atoms with Crippen molar-refractivity contribution in [2.75, 3.05) is 0 Å². The van der Waals surface area contributed by atoms with Gasteiger partial charge in [0, 0.05) is 11.1 Å².